The lowest BCUT2D eigenvalue weighted by molar-refractivity contribution is 0.462. The fourth-order valence-corrected chi connectivity index (χ4v) is 2.23. The molecule has 2 rings (SSSR count). The molecular formula is C13H13O2P. The van der Waals surface area contributed by atoms with Crippen LogP contribution in [0.2, 0.25) is 0 Å². The van der Waals surface area contributed by atoms with E-state index in [0.717, 1.165) is 11.1 Å². The monoisotopic (exact) mass is 232 g/mol. The van der Waals surface area contributed by atoms with Gasteiger partial charge in [-0.2, -0.15) is 0 Å². The molecule has 0 bridgehead atoms. The molecule has 0 radical (unpaired) electrons. The minimum absolute atomic E-state index is 0.109. The molecule has 0 aliphatic heterocycles. The van der Waals surface area contributed by atoms with Crippen LogP contribution in [0, 0.1) is 0 Å². The summed E-state index contributed by atoms with van der Waals surface area (Å²) in [5.41, 5.74) is 1.46. The van der Waals surface area contributed by atoms with E-state index in [-0.39, 0.29) is 17.2 Å². The summed E-state index contributed by atoms with van der Waals surface area (Å²) in [7, 11) is 2.63. The van der Waals surface area contributed by atoms with Gasteiger partial charge >= 0.3 is 0 Å². The molecular weight excluding hydrogens is 219 g/mol. The van der Waals surface area contributed by atoms with E-state index in [4.69, 9.17) is 0 Å². The number of benzene rings is 2. The van der Waals surface area contributed by atoms with Gasteiger partial charge in [0.2, 0.25) is 0 Å². The summed E-state index contributed by atoms with van der Waals surface area (Å²) in [4.78, 5) is 0. The van der Waals surface area contributed by atoms with Gasteiger partial charge in [0.05, 0.1) is 0 Å². The SMILES string of the molecule is Oc1ccccc1C(P)c1ccccc1O. The zero-order valence-electron chi connectivity index (χ0n) is 8.67. The third-order valence-electron chi connectivity index (χ3n) is 2.54. The average molecular weight is 232 g/mol. The van der Waals surface area contributed by atoms with E-state index in [1.54, 1.807) is 24.3 Å². The molecule has 0 fully saturated rings. The fourth-order valence-electron chi connectivity index (χ4n) is 1.67. The summed E-state index contributed by atoms with van der Waals surface area (Å²) in [6, 6.07) is 14.3. The molecule has 0 amide bonds. The van der Waals surface area contributed by atoms with Gasteiger partial charge in [0.15, 0.2) is 0 Å². The minimum atomic E-state index is -0.109. The first-order valence-corrected chi connectivity index (χ1v) is 5.68. The second kappa shape index (κ2) is 4.54. The highest BCUT2D eigenvalue weighted by Crippen LogP contribution is 2.39. The van der Waals surface area contributed by atoms with Crippen molar-refractivity contribution in [1.29, 1.82) is 0 Å². The van der Waals surface area contributed by atoms with Crippen LogP contribution in [-0.4, -0.2) is 10.2 Å². The van der Waals surface area contributed by atoms with Crippen molar-refractivity contribution in [3.8, 4) is 11.5 Å². The molecule has 1 atom stereocenters. The first-order chi connectivity index (χ1) is 7.70. The molecule has 0 heterocycles. The van der Waals surface area contributed by atoms with Gasteiger partial charge in [0, 0.05) is 16.8 Å². The largest absolute Gasteiger partial charge is 0.508 e. The van der Waals surface area contributed by atoms with Crippen molar-refractivity contribution in [2.75, 3.05) is 0 Å². The number of aromatic hydroxyl groups is 2. The van der Waals surface area contributed by atoms with Crippen LogP contribution in [0.25, 0.3) is 0 Å². The topological polar surface area (TPSA) is 40.5 Å². The van der Waals surface area contributed by atoms with Gasteiger partial charge in [0.25, 0.3) is 0 Å². The number of para-hydroxylation sites is 2. The highest BCUT2D eigenvalue weighted by molar-refractivity contribution is 7.17. The Labute approximate surface area is 96.8 Å². The standard InChI is InChI=1S/C13H13O2P/c14-11-7-3-1-5-9(11)13(16)10-6-2-4-8-12(10)15/h1-8,13-15H,16H2. The Kier molecular flexibility index (Phi) is 3.12. The number of phenolic OH excluding ortho intramolecular Hbond substituents is 2. The predicted molar refractivity (Wildman–Crippen MR) is 67.8 cm³/mol. The van der Waals surface area contributed by atoms with Crippen LogP contribution in [0.5, 0.6) is 11.5 Å². The fraction of sp³-hybridized carbons (Fsp3) is 0.0769. The van der Waals surface area contributed by atoms with E-state index in [2.05, 4.69) is 9.24 Å². The summed E-state index contributed by atoms with van der Waals surface area (Å²) in [5.74, 6) is 0.483. The van der Waals surface area contributed by atoms with Crippen LogP contribution < -0.4 is 0 Å². The second-order valence-corrected chi connectivity index (χ2v) is 4.26. The van der Waals surface area contributed by atoms with Crippen LogP contribution in [0.4, 0.5) is 0 Å². The third kappa shape index (κ3) is 2.02. The summed E-state index contributed by atoms with van der Waals surface area (Å²) in [6.45, 7) is 0. The molecule has 0 aliphatic rings. The third-order valence-corrected chi connectivity index (χ3v) is 3.26. The van der Waals surface area contributed by atoms with Gasteiger partial charge in [-0.05, 0) is 12.1 Å². The first-order valence-electron chi connectivity index (χ1n) is 5.01. The van der Waals surface area contributed by atoms with E-state index in [1.807, 2.05) is 24.3 Å². The van der Waals surface area contributed by atoms with Crippen molar-refractivity contribution >= 4 is 9.24 Å². The number of hydrogen-bond donors (Lipinski definition) is 2. The molecule has 0 saturated carbocycles. The van der Waals surface area contributed by atoms with E-state index in [1.165, 1.54) is 0 Å². The first kappa shape index (κ1) is 11.0. The molecule has 2 aromatic rings. The smallest absolute Gasteiger partial charge is 0.119 e. The van der Waals surface area contributed by atoms with Crippen LogP contribution in [0.1, 0.15) is 16.8 Å². The zero-order valence-corrected chi connectivity index (χ0v) is 9.82. The predicted octanol–water partition coefficient (Wildman–Crippen LogP) is 3.06. The zero-order chi connectivity index (χ0) is 11.5. The van der Waals surface area contributed by atoms with Crippen molar-refractivity contribution in [2.24, 2.45) is 0 Å². The van der Waals surface area contributed by atoms with Crippen molar-refractivity contribution in [3.05, 3.63) is 59.7 Å². The lowest BCUT2D eigenvalue weighted by Crippen LogP contribution is -1.93. The van der Waals surface area contributed by atoms with Crippen LogP contribution in [-0.2, 0) is 0 Å². The van der Waals surface area contributed by atoms with Crippen molar-refractivity contribution in [3.63, 3.8) is 0 Å². The van der Waals surface area contributed by atoms with E-state index >= 15 is 0 Å². The molecule has 2 nitrogen and oxygen atoms in total. The van der Waals surface area contributed by atoms with Crippen molar-refractivity contribution in [1.82, 2.24) is 0 Å². The molecule has 0 spiro atoms. The van der Waals surface area contributed by atoms with E-state index < -0.39 is 0 Å². The molecule has 0 saturated heterocycles. The van der Waals surface area contributed by atoms with Gasteiger partial charge in [0.1, 0.15) is 11.5 Å². The molecule has 2 N–H and O–H groups in total. The minimum Gasteiger partial charge on any atom is -0.508 e. The van der Waals surface area contributed by atoms with Crippen molar-refractivity contribution < 1.29 is 10.2 Å². The van der Waals surface area contributed by atoms with Crippen molar-refractivity contribution in [2.45, 2.75) is 5.66 Å². The summed E-state index contributed by atoms with van der Waals surface area (Å²) in [5, 5.41) is 19.5. The van der Waals surface area contributed by atoms with Gasteiger partial charge in [-0.3, -0.25) is 0 Å². The van der Waals surface area contributed by atoms with E-state index in [9.17, 15) is 10.2 Å². The van der Waals surface area contributed by atoms with E-state index in [0.29, 0.717) is 0 Å². The number of rotatable bonds is 2. The maximum absolute atomic E-state index is 9.74. The Morgan fingerprint density at radius 2 is 1.12 bits per heavy atom. The molecule has 16 heavy (non-hydrogen) atoms. The maximum Gasteiger partial charge on any atom is 0.119 e. The van der Waals surface area contributed by atoms with Crippen LogP contribution in [0.3, 0.4) is 0 Å². The number of phenols is 2. The summed E-state index contributed by atoms with van der Waals surface area (Å²) >= 11 is 0. The van der Waals surface area contributed by atoms with Crippen LogP contribution in [0.15, 0.2) is 48.5 Å². The highest BCUT2D eigenvalue weighted by Gasteiger charge is 2.14. The Hall–Kier alpha value is -1.53. The normalized spacial score (nSPS) is 10.6. The van der Waals surface area contributed by atoms with Gasteiger partial charge in [-0.15, -0.1) is 9.24 Å². The molecule has 0 aromatic heterocycles. The van der Waals surface area contributed by atoms with Crippen LogP contribution >= 0.6 is 9.24 Å². The average Bonchev–Trinajstić information content (AvgIpc) is 2.29. The van der Waals surface area contributed by atoms with Gasteiger partial charge < -0.3 is 10.2 Å². The Morgan fingerprint density at radius 1 is 0.750 bits per heavy atom. The highest BCUT2D eigenvalue weighted by atomic mass is 31.0. The molecule has 2 aromatic carbocycles. The molecule has 0 aliphatic carbocycles. The molecule has 1 unspecified atom stereocenters. The van der Waals surface area contributed by atoms with Gasteiger partial charge in [-0.25, -0.2) is 0 Å². The maximum atomic E-state index is 9.74. The quantitative estimate of drug-likeness (QED) is 0.781. The Morgan fingerprint density at radius 3 is 1.50 bits per heavy atom. The Bertz CT molecular complexity index is 451. The summed E-state index contributed by atoms with van der Waals surface area (Å²) < 4.78 is 0. The number of hydrogen-bond acceptors (Lipinski definition) is 2. The van der Waals surface area contributed by atoms with Gasteiger partial charge in [-0.1, -0.05) is 36.4 Å². The Balaban J connectivity index is 2.44. The second-order valence-electron chi connectivity index (χ2n) is 3.60. The molecule has 3 heteroatoms. The summed E-state index contributed by atoms with van der Waals surface area (Å²) in [6.07, 6.45) is 0. The lowest BCUT2D eigenvalue weighted by atomic mass is 10.0. The molecule has 82 valence electrons. The lowest BCUT2D eigenvalue weighted by Gasteiger charge is -2.14.